The summed E-state index contributed by atoms with van der Waals surface area (Å²) in [4.78, 5) is 25.0. The van der Waals surface area contributed by atoms with Crippen molar-refractivity contribution in [3.05, 3.63) is 59.7 Å². The highest BCUT2D eigenvalue weighted by molar-refractivity contribution is 8.00. The maximum atomic E-state index is 11.8. The number of alkyl carbamates (subject to hydrolysis) is 1. The minimum Gasteiger partial charge on any atom is -0.475 e. The lowest BCUT2D eigenvalue weighted by Crippen LogP contribution is -2.58. The summed E-state index contributed by atoms with van der Waals surface area (Å²) in [6.07, 6.45) is 2.24. The van der Waals surface area contributed by atoms with Crippen LogP contribution in [0, 0.1) is 19.3 Å². The van der Waals surface area contributed by atoms with Crippen molar-refractivity contribution in [1.82, 2.24) is 15.3 Å². The maximum absolute atomic E-state index is 11.8. The number of aromatic nitrogens is 2. The van der Waals surface area contributed by atoms with Gasteiger partial charge in [0.25, 0.3) is 0 Å². The first-order valence-corrected chi connectivity index (χ1v) is 14.7. The quantitative estimate of drug-likeness (QED) is 0.338. The molecule has 2 aliphatic rings. The fourth-order valence-corrected chi connectivity index (χ4v) is 6.33. The van der Waals surface area contributed by atoms with Crippen molar-refractivity contribution in [3.63, 3.8) is 0 Å². The third-order valence-electron chi connectivity index (χ3n) is 7.49. The molecule has 212 valence electrons. The van der Waals surface area contributed by atoms with Crippen LogP contribution in [0.15, 0.2) is 53.4 Å². The van der Waals surface area contributed by atoms with E-state index in [-0.39, 0.29) is 29.6 Å². The second-order valence-corrected chi connectivity index (χ2v) is 12.9. The highest BCUT2D eigenvalue weighted by Crippen LogP contribution is 2.38. The Hall–Kier alpha value is -3.46. The van der Waals surface area contributed by atoms with Crippen LogP contribution in [0.3, 0.4) is 0 Å². The zero-order valence-electron chi connectivity index (χ0n) is 24.2. The molecule has 5 rings (SSSR count). The summed E-state index contributed by atoms with van der Waals surface area (Å²) in [5.41, 5.74) is 5.48. The summed E-state index contributed by atoms with van der Waals surface area (Å²) in [5.74, 6) is 1.07. The van der Waals surface area contributed by atoms with Crippen molar-refractivity contribution in [2.24, 2.45) is 5.41 Å². The third kappa shape index (κ3) is 6.46. The van der Waals surface area contributed by atoms with Crippen molar-refractivity contribution in [3.8, 4) is 17.1 Å². The molecule has 1 saturated carbocycles. The van der Waals surface area contributed by atoms with E-state index in [0.717, 1.165) is 52.2 Å². The number of benzene rings is 2. The van der Waals surface area contributed by atoms with Gasteiger partial charge in [0.05, 0.1) is 18.8 Å². The summed E-state index contributed by atoms with van der Waals surface area (Å²) in [5, 5.41) is 2.96. The number of ether oxygens (including phenoxy) is 2. The summed E-state index contributed by atoms with van der Waals surface area (Å²) >= 11 is 1.49. The Bertz CT molecular complexity index is 1350. The van der Waals surface area contributed by atoms with E-state index < -0.39 is 0 Å². The highest BCUT2D eigenvalue weighted by atomic mass is 32.2. The molecule has 9 heteroatoms. The van der Waals surface area contributed by atoms with E-state index in [4.69, 9.17) is 19.4 Å². The van der Waals surface area contributed by atoms with Gasteiger partial charge in [-0.05, 0) is 79.8 Å². The van der Waals surface area contributed by atoms with Crippen LogP contribution in [0.25, 0.3) is 11.3 Å². The number of hydrogen-bond acceptors (Lipinski definition) is 8. The minimum atomic E-state index is -0.379. The SMILES string of the molecule is COC(=O)NC1CC(N2c3cccc(c3)SNc3nc(cc(-c4c(C)cccc4C)n3)OCC2CC(C)(C)C)C1. The molecule has 3 aromatic rings. The van der Waals surface area contributed by atoms with E-state index >= 15 is 0 Å². The molecule has 1 amide bonds. The third-order valence-corrected chi connectivity index (χ3v) is 8.27. The van der Waals surface area contributed by atoms with Crippen molar-refractivity contribution in [2.45, 2.75) is 76.9 Å². The smallest absolute Gasteiger partial charge is 0.407 e. The number of carbonyl (C=O) groups excluding carboxylic acids is 1. The van der Waals surface area contributed by atoms with Crippen LogP contribution >= 0.6 is 11.9 Å². The summed E-state index contributed by atoms with van der Waals surface area (Å²) in [6.45, 7) is 11.5. The van der Waals surface area contributed by atoms with Gasteiger partial charge in [-0.15, -0.1) is 0 Å². The lowest BCUT2D eigenvalue weighted by molar-refractivity contribution is 0.151. The highest BCUT2D eigenvalue weighted by Gasteiger charge is 2.39. The first kappa shape index (κ1) is 28.1. The molecule has 1 unspecified atom stereocenters. The minimum absolute atomic E-state index is 0.0743. The number of aryl methyl sites for hydroxylation is 2. The zero-order valence-corrected chi connectivity index (χ0v) is 25.0. The van der Waals surface area contributed by atoms with Gasteiger partial charge in [0.2, 0.25) is 11.8 Å². The monoisotopic (exact) mass is 561 g/mol. The van der Waals surface area contributed by atoms with E-state index in [1.54, 1.807) is 0 Å². The molecular weight excluding hydrogens is 522 g/mol. The van der Waals surface area contributed by atoms with Crippen LogP contribution in [-0.2, 0) is 4.74 Å². The molecule has 40 heavy (non-hydrogen) atoms. The van der Waals surface area contributed by atoms with Crippen LogP contribution in [-0.4, -0.2) is 47.9 Å². The molecule has 1 atom stereocenters. The first-order chi connectivity index (χ1) is 19.1. The lowest BCUT2D eigenvalue weighted by Gasteiger charge is -2.48. The second-order valence-electron chi connectivity index (χ2n) is 12.0. The first-order valence-electron chi connectivity index (χ1n) is 13.8. The van der Waals surface area contributed by atoms with Crippen molar-refractivity contribution in [1.29, 1.82) is 0 Å². The van der Waals surface area contributed by atoms with E-state index in [0.29, 0.717) is 18.4 Å². The predicted octanol–water partition coefficient (Wildman–Crippen LogP) is 6.77. The number of hydrogen-bond donors (Lipinski definition) is 2. The van der Waals surface area contributed by atoms with E-state index in [1.807, 2.05) is 6.07 Å². The number of nitrogens with zero attached hydrogens (tertiary/aromatic N) is 3. The Morgan fingerprint density at radius 2 is 1.85 bits per heavy atom. The number of anilines is 2. The van der Waals surface area contributed by atoms with Crippen molar-refractivity contribution in [2.75, 3.05) is 23.3 Å². The molecule has 0 spiro atoms. The molecular formula is C31H39N5O3S. The van der Waals surface area contributed by atoms with E-state index in [2.05, 4.69) is 92.0 Å². The summed E-state index contributed by atoms with van der Waals surface area (Å²) in [6, 6.07) is 17.3. The van der Waals surface area contributed by atoms with Gasteiger partial charge < -0.3 is 19.7 Å². The fraction of sp³-hybridized carbons (Fsp3) is 0.452. The van der Waals surface area contributed by atoms with Gasteiger partial charge >= 0.3 is 6.09 Å². The molecule has 1 aliphatic heterocycles. The van der Waals surface area contributed by atoms with Crippen LogP contribution in [0.2, 0.25) is 0 Å². The summed E-state index contributed by atoms with van der Waals surface area (Å²) in [7, 11) is 1.40. The van der Waals surface area contributed by atoms with Gasteiger partial charge in [0, 0.05) is 34.3 Å². The van der Waals surface area contributed by atoms with Crippen LogP contribution < -0.4 is 19.7 Å². The number of rotatable bonds is 4. The largest absolute Gasteiger partial charge is 0.475 e. The molecule has 4 bridgehead atoms. The van der Waals surface area contributed by atoms with Gasteiger partial charge in [-0.1, -0.05) is 45.0 Å². The Kier molecular flexibility index (Phi) is 8.12. The lowest BCUT2D eigenvalue weighted by atomic mass is 9.81. The second kappa shape index (κ2) is 11.6. The average Bonchev–Trinajstić information content (AvgIpc) is 2.88. The van der Waals surface area contributed by atoms with Crippen LogP contribution in [0.1, 0.15) is 51.2 Å². The zero-order chi connectivity index (χ0) is 28.4. The Morgan fingerprint density at radius 1 is 1.12 bits per heavy atom. The molecule has 2 N–H and O–H groups in total. The van der Waals surface area contributed by atoms with Gasteiger partial charge in [-0.3, -0.25) is 4.72 Å². The molecule has 2 heterocycles. The Balaban J connectivity index is 1.52. The standard InChI is InChI=1S/C31H39N5O3S/c1-19-9-7-10-20(2)28(19)26-16-27-34-29(33-26)35-40-25-12-8-11-22(15-25)36(24(18-39-27)17-31(3,4)5)23-13-21(14-23)32-30(37)38-6/h7-12,15-16,21,23-24H,13-14,17-18H2,1-6H3,(H,32,37)(H,33,34,35). The number of amides is 1. The van der Waals surface area contributed by atoms with Crippen molar-refractivity contribution >= 4 is 29.7 Å². The number of fused-ring (bicyclic) bond motifs is 4. The number of methoxy groups -OCH3 is 1. The topological polar surface area (TPSA) is 88.6 Å². The van der Waals surface area contributed by atoms with Crippen molar-refractivity contribution < 1.29 is 14.3 Å². The molecule has 8 nitrogen and oxygen atoms in total. The normalized spacial score (nSPS) is 20.6. The fourth-order valence-electron chi connectivity index (χ4n) is 5.71. The molecule has 2 aromatic carbocycles. The van der Waals surface area contributed by atoms with E-state index in [9.17, 15) is 4.79 Å². The number of carbonyl (C=O) groups is 1. The van der Waals surface area contributed by atoms with E-state index in [1.165, 1.54) is 19.1 Å². The van der Waals surface area contributed by atoms with Crippen LogP contribution in [0.5, 0.6) is 5.88 Å². The average molecular weight is 562 g/mol. The molecule has 1 aliphatic carbocycles. The van der Waals surface area contributed by atoms with Crippen LogP contribution in [0.4, 0.5) is 16.4 Å². The Labute approximate surface area is 241 Å². The number of nitrogens with one attached hydrogen (secondary N) is 2. The van der Waals surface area contributed by atoms with Gasteiger partial charge in [0.15, 0.2) is 0 Å². The summed E-state index contributed by atoms with van der Waals surface area (Å²) < 4.78 is 14.7. The molecule has 1 fully saturated rings. The predicted molar refractivity (Wildman–Crippen MR) is 161 cm³/mol. The van der Waals surface area contributed by atoms with Gasteiger partial charge in [-0.2, -0.15) is 4.98 Å². The molecule has 0 saturated heterocycles. The van der Waals surface area contributed by atoms with Gasteiger partial charge in [0.1, 0.15) is 6.61 Å². The van der Waals surface area contributed by atoms with Gasteiger partial charge in [-0.25, -0.2) is 9.78 Å². The molecule has 1 aromatic heterocycles. The Morgan fingerprint density at radius 3 is 2.55 bits per heavy atom. The molecule has 0 radical (unpaired) electrons. The maximum Gasteiger partial charge on any atom is 0.407 e.